The van der Waals surface area contributed by atoms with Gasteiger partial charge in [0.1, 0.15) is 17.5 Å². The minimum absolute atomic E-state index is 0.0529. The molecule has 0 aliphatic heterocycles. The summed E-state index contributed by atoms with van der Waals surface area (Å²) in [5.41, 5.74) is -5.70. The molecule has 12 nitrogen and oxygen atoms in total. The standard InChI is InChI=1S/C27H12N6O6/c34-22-16-17(23(35)31(22)13-7-1-4-10-28-13)19-21(27(39)33(25(19)37)15-9-3-6-12-30-15)20-18(16)24(36)32(26(20)38)14-8-2-5-11-29-14/h1-12H. The lowest BCUT2D eigenvalue weighted by Crippen LogP contribution is -2.25. The second-order valence-electron chi connectivity index (χ2n) is 8.65. The maximum absolute atomic E-state index is 13.7. The van der Waals surface area contributed by atoms with Crippen LogP contribution in [-0.4, -0.2) is 28.7 Å². The molecule has 6 heterocycles. The Bertz CT molecular complexity index is 2020. The highest BCUT2D eigenvalue weighted by Crippen LogP contribution is 2.27. The highest BCUT2D eigenvalue weighted by atomic mass is 16.2. The molecule has 0 saturated heterocycles. The van der Waals surface area contributed by atoms with E-state index < -0.39 is 65.7 Å². The van der Waals surface area contributed by atoms with Gasteiger partial charge < -0.3 is 0 Å². The molecular formula is C27H12N6O6. The first kappa shape index (κ1) is 22.3. The van der Waals surface area contributed by atoms with E-state index in [-0.39, 0.29) is 17.5 Å². The van der Waals surface area contributed by atoms with Crippen molar-refractivity contribution in [1.29, 1.82) is 0 Å². The molecule has 0 unspecified atom stereocenters. The van der Waals surface area contributed by atoms with Crippen LogP contribution in [0.2, 0.25) is 0 Å². The minimum atomic E-state index is -0.951. The summed E-state index contributed by atoms with van der Waals surface area (Å²) in [6.07, 6.45) is 4.09. The molecule has 186 valence electrons. The van der Waals surface area contributed by atoms with E-state index in [2.05, 4.69) is 15.0 Å². The fraction of sp³-hybridized carbons (Fsp3) is 0. The predicted molar refractivity (Wildman–Crippen MR) is 142 cm³/mol. The molecule has 12 heteroatoms. The van der Waals surface area contributed by atoms with Gasteiger partial charge in [-0.25, -0.2) is 28.7 Å². The number of hydrogen-bond acceptors (Lipinski definition) is 9. The number of benzene rings is 1. The molecule has 0 amide bonds. The van der Waals surface area contributed by atoms with E-state index in [1.807, 2.05) is 0 Å². The van der Waals surface area contributed by atoms with Crippen molar-refractivity contribution < 1.29 is 0 Å². The molecule has 0 radical (unpaired) electrons. The van der Waals surface area contributed by atoms with Gasteiger partial charge in [-0.1, -0.05) is 18.2 Å². The second-order valence-corrected chi connectivity index (χ2v) is 8.65. The van der Waals surface area contributed by atoms with Crippen molar-refractivity contribution in [3.8, 4) is 17.5 Å². The zero-order valence-corrected chi connectivity index (χ0v) is 19.6. The smallest absolute Gasteiger partial charge is 0.268 e. The summed E-state index contributed by atoms with van der Waals surface area (Å²) in [5.74, 6) is -0.159. The summed E-state index contributed by atoms with van der Waals surface area (Å²) in [4.78, 5) is 94.7. The fourth-order valence-electron chi connectivity index (χ4n) is 5.06. The Morgan fingerprint density at radius 1 is 0.359 bits per heavy atom. The molecule has 39 heavy (non-hydrogen) atoms. The van der Waals surface area contributed by atoms with Crippen LogP contribution in [0.5, 0.6) is 0 Å². The molecule has 0 N–H and O–H groups in total. The van der Waals surface area contributed by atoms with Gasteiger partial charge in [0.15, 0.2) is 0 Å². The number of aromatic nitrogens is 6. The van der Waals surface area contributed by atoms with Gasteiger partial charge in [-0.3, -0.25) is 28.8 Å². The summed E-state index contributed by atoms with van der Waals surface area (Å²) < 4.78 is 2.15. The number of fused-ring (bicyclic) bond motifs is 6. The van der Waals surface area contributed by atoms with Crippen molar-refractivity contribution in [3.05, 3.63) is 135 Å². The van der Waals surface area contributed by atoms with Crippen LogP contribution in [0.4, 0.5) is 0 Å². The van der Waals surface area contributed by atoms with Gasteiger partial charge in [-0.2, -0.15) is 0 Å². The van der Waals surface area contributed by atoms with Crippen LogP contribution < -0.4 is 33.4 Å². The van der Waals surface area contributed by atoms with Crippen molar-refractivity contribution in [3.63, 3.8) is 0 Å². The van der Waals surface area contributed by atoms with E-state index in [1.54, 1.807) is 36.4 Å². The molecule has 0 aliphatic carbocycles. The quantitative estimate of drug-likeness (QED) is 0.320. The van der Waals surface area contributed by atoms with Crippen molar-refractivity contribution >= 4 is 32.3 Å². The van der Waals surface area contributed by atoms with Gasteiger partial charge in [0, 0.05) is 18.6 Å². The summed E-state index contributed by atoms with van der Waals surface area (Å²) in [7, 11) is 0. The molecule has 0 fully saturated rings. The van der Waals surface area contributed by atoms with Crippen LogP contribution in [-0.2, 0) is 0 Å². The van der Waals surface area contributed by atoms with Crippen LogP contribution in [0, 0.1) is 0 Å². The largest absolute Gasteiger partial charge is 0.268 e. The van der Waals surface area contributed by atoms with Gasteiger partial charge in [0.25, 0.3) is 33.4 Å². The molecule has 0 bridgehead atoms. The molecule has 1 aromatic carbocycles. The summed E-state index contributed by atoms with van der Waals surface area (Å²) in [6.45, 7) is 0. The van der Waals surface area contributed by atoms with E-state index >= 15 is 0 Å². The highest BCUT2D eigenvalue weighted by Gasteiger charge is 2.32. The van der Waals surface area contributed by atoms with E-state index in [0.717, 1.165) is 0 Å². The van der Waals surface area contributed by atoms with Crippen molar-refractivity contribution in [2.75, 3.05) is 0 Å². The SMILES string of the molecule is O=c1c2c3c(=O)n(-c4ccccn4)c(=O)c3c3c(=O)n(-c4ccccn4)c(=O)c3c2c(=O)n1-c1ccccn1. The van der Waals surface area contributed by atoms with Crippen molar-refractivity contribution in [2.24, 2.45) is 0 Å². The van der Waals surface area contributed by atoms with Gasteiger partial charge in [-0.05, 0) is 36.4 Å². The van der Waals surface area contributed by atoms with Crippen LogP contribution in [0.15, 0.2) is 102 Å². The van der Waals surface area contributed by atoms with Gasteiger partial charge >= 0.3 is 0 Å². The van der Waals surface area contributed by atoms with Gasteiger partial charge in [-0.15, -0.1) is 0 Å². The molecular weight excluding hydrogens is 504 g/mol. The Balaban J connectivity index is 1.83. The monoisotopic (exact) mass is 516 g/mol. The maximum atomic E-state index is 13.7. The number of rotatable bonds is 3. The highest BCUT2D eigenvalue weighted by molar-refractivity contribution is 6.25. The third-order valence-corrected chi connectivity index (χ3v) is 6.64. The van der Waals surface area contributed by atoms with Crippen molar-refractivity contribution in [1.82, 2.24) is 28.7 Å². The minimum Gasteiger partial charge on any atom is -0.268 e. The second kappa shape index (κ2) is 7.79. The van der Waals surface area contributed by atoms with Crippen LogP contribution in [0.25, 0.3) is 49.8 Å². The molecule has 0 atom stereocenters. The average Bonchev–Trinajstić information content (AvgIpc) is 3.48. The molecule has 7 aromatic rings. The van der Waals surface area contributed by atoms with Crippen LogP contribution in [0.3, 0.4) is 0 Å². The third kappa shape index (κ3) is 2.79. The molecule has 6 aromatic heterocycles. The van der Waals surface area contributed by atoms with Crippen LogP contribution >= 0.6 is 0 Å². The first-order valence-corrected chi connectivity index (χ1v) is 11.5. The Kier molecular flexibility index (Phi) is 4.46. The van der Waals surface area contributed by atoms with Gasteiger partial charge in [0.2, 0.25) is 0 Å². The van der Waals surface area contributed by atoms with E-state index in [9.17, 15) is 28.8 Å². The summed E-state index contributed by atoms with van der Waals surface area (Å²) in [6, 6.07) is 13.6. The number of nitrogens with zero attached hydrogens (tertiary/aromatic N) is 6. The van der Waals surface area contributed by atoms with E-state index in [0.29, 0.717) is 13.7 Å². The lowest BCUT2D eigenvalue weighted by molar-refractivity contribution is 0.937. The maximum Gasteiger partial charge on any atom is 0.268 e. The van der Waals surface area contributed by atoms with E-state index in [1.165, 1.54) is 36.8 Å². The first-order chi connectivity index (χ1) is 18.9. The Morgan fingerprint density at radius 3 is 0.769 bits per heavy atom. The average molecular weight is 516 g/mol. The number of pyridine rings is 3. The Morgan fingerprint density at radius 2 is 0.590 bits per heavy atom. The lowest BCUT2D eigenvalue weighted by atomic mass is 10.0. The normalized spacial score (nSPS) is 11.7. The van der Waals surface area contributed by atoms with E-state index in [4.69, 9.17) is 0 Å². The zero-order chi connectivity index (χ0) is 27.0. The topological polar surface area (TPSA) is 156 Å². The van der Waals surface area contributed by atoms with Crippen molar-refractivity contribution in [2.45, 2.75) is 0 Å². The lowest BCUT2D eigenvalue weighted by Gasteiger charge is -1.97. The summed E-state index contributed by atoms with van der Waals surface area (Å²) in [5, 5.41) is -2.67. The van der Waals surface area contributed by atoms with Gasteiger partial charge in [0.05, 0.1) is 32.3 Å². The molecule has 0 saturated carbocycles. The number of hydrogen-bond donors (Lipinski definition) is 0. The third-order valence-electron chi connectivity index (χ3n) is 6.64. The predicted octanol–water partition coefficient (Wildman–Crippen LogP) is 0.178. The summed E-state index contributed by atoms with van der Waals surface area (Å²) >= 11 is 0. The van der Waals surface area contributed by atoms with Crippen LogP contribution in [0.1, 0.15) is 0 Å². The zero-order valence-electron chi connectivity index (χ0n) is 19.6. The fourth-order valence-corrected chi connectivity index (χ4v) is 5.06. The first-order valence-electron chi connectivity index (χ1n) is 11.5. The Hall–Kier alpha value is -5.91. The molecule has 7 rings (SSSR count). The molecule has 0 spiro atoms. The Labute approximate surface area is 214 Å². The molecule has 0 aliphatic rings.